The van der Waals surface area contributed by atoms with Crippen molar-refractivity contribution in [3.05, 3.63) is 60.2 Å². The van der Waals surface area contributed by atoms with Gasteiger partial charge in [0.05, 0.1) is 29.3 Å². The van der Waals surface area contributed by atoms with E-state index in [1.54, 1.807) is 41.3 Å². The average molecular weight is 388 g/mol. The topological polar surface area (TPSA) is 66.9 Å². The summed E-state index contributed by atoms with van der Waals surface area (Å²) in [6.07, 6.45) is 0. The molecule has 0 N–H and O–H groups in total. The molecule has 144 valence electrons. The van der Waals surface area contributed by atoms with Crippen molar-refractivity contribution >= 4 is 21.6 Å². The molecule has 2 aromatic rings. The van der Waals surface area contributed by atoms with Gasteiger partial charge in [-0.15, -0.1) is 0 Å². The van der Waals surface area contributed by atoms with Crippen molar-refractivity contribution < 1.29 is 17.9 Å². The molecule has 1 fully saturated rings. The molecule has 1 amide bonds. The SMILES string of the molecule is CN(c1ccccc1)S(=O)(=O)c1cccc(C(=O)N2CCOCC2(C)C)c1. The zero-order valence-corrected chi connectivity index (χ0v) is 16.6. The van der Waals surface area contributed by atoms with E-state index in [0.29, 0.717) is 31.0 Å². The second-order valence-electron chi connectivity index (χ2n) is 7.16. The van der Waals surface area contributed by atoms with Gasteiger partial charge in [-0.2, -0.15) is 0 Å². The van der Waals surface area contributed by atoms with E-state index in [1.807, 2.05) is 19.9 Å². The number of rotatable bonds is 4. The zero-order chi connectivity index (χ0) is 19.7. The van der Waals surface area contributed by atoms with Gasteiger partial charge in [0.25, 0.3) is 15.9 Å². The number of carbonyl (C=O) groups excluding carboxylic acids is 1. The highest BCUT2D eigenvalue weighted by Crippen LogP contribution is 2.25. The van der Waals surface area contributed by atoms with Crippen LogP contribution in [0.5, 0.6) is 0 Å². The average Bonchev–Trinajstić information content (AvgIpc) is 2.67. The first-order valence-corrected chi connectivity index (χ1v) is 10.2. The van der Waals surface area contributed by atoms with Gasteiger partial charge >= 0.3 is 0 Å². The van der Waals surface area contributed by atoms with Crippen LogP contribution in [0.3, 0.4) is 0 Å². The monoisotopic (exact) mass is 388 g/mol. The quantitative estimate of drug-likeness (QED) is 0.808. The highest BCUT2D eigenvalue weighted by atomic mass is 32.2. The normalized spacial score (nSPS) is 16.8. The summed E-state index contributed by atoms with van der Waals surface area (Å²) in [5.74, 6) is -0.192. The molecule has 1 aliphatic heterocycles. The Morgan fingerprint density at radius 3 is 2.48 bits per heavy atom. The Hall–Kier alpha value is -2.38. The Bertz CT molecular complexity index is 926. The maximum atomic E-state index is 13.0. The lowest BCUT2D eigenvalue weighted by Crippen LogP contribution is -2.55. The van der Waals surface area contributed by atoms with E-state index in [4.69, 9.17) is 4.74 Å². The minimum Gasteiger partial charge on any atom is -0.377 e. The number of hydrogen-bond acceptors (Lipinski definition) is 4. The van der Waals surface area contributed by atoms with Crippen molar-refractivity contribution in [2.75, 3.05) is 31.1 Å². The van der Waals surface area contributed by atoms with Crippen LogP contribution in [0.2, 0.25) is 0 Å². The van der Waals surface area contributed by atoms with Gasteiger partial charge in [0.2, 0.25) is 0 Å². The standard InChI is InChI=1S/C20H24N2O4S/c1-20(2)15-26-13-12-22(20)19(23)16-8-7-11-18(14-16)27(24,25)21(3)17-9-5-4-6-10-17/h4-11,14H,12-13,15H2,1-3H3. The lowest BCUT2D eigenvalue weighted by atomic mass is 10.0. The minimum absolute atomic E-state index is 0.0887. The van der Waals surface area contributed by atoms with Crippen LogP contribution in [0.1, 0.15) is 24.2 Å². The molecule has 0 saturated carbocycles. The number of hydrogen-bond donors (Lipinski definition) is 0. The van der Waals surface area contributed by atoms with Crippen molar-refractivity contribution in [1.29, 1.82) is 0 Å². The molecule has 0 aromatic heterocycles. The van der Waals surface area contributed by atoms with Gasteiger partial charge < -0.3 is 9.64 Å². The maximum absolute atomic E-state index is 13.0. The molecule has 0 aliphatic carbocycles. The van der Waals surface area contributed by atoms with Crippen LogP contribution < -0.4 is 4.31 Å². The number of sulfonamides is 1. The predicted octanol–water partition coefficient (Wildman–Crippen LogP) is 2.76. The molecule has 0 atom stereocenters. The molecular formula is C20H24N2O4S. The number of para-hydroxylation sites is 1. The van der Waals surface area contributed by atoms with E-state index in [-0.39, 0.29) is 10.8 Å². The molecule has 6 nitrogen and oxygen atoms in total. The van der Waals surface area contributed by atoms with Crippen LogP contribution >= 0.6 is 0 Å². The molecule has 7 heteroatoms. The van der Waals surface area contributed by atoms with Crippen LogP contribution in [-0.4, -0.2) is 51.6 Å². The van der Waals surface area contributed by atoms with Gasteiger partial charge in [-0.1, -0.05) is 24.3 Å². The summed E-state index contributed by atoms with van der Waals surface area (Å²) in [6, 6.07) is 15.0. The first-order valence-electron chi connectivity index (χ1n) is 8.77. The molecule has 2 aromatic carbocycles. The highest BCUT2D eigenvalue weighted by molar-refractivity contribution is 7.92. The first-order chi connectivity index (χ1) is 12.7. The second-order valence-corrected chi connectivity index (χ2v) is 9.13. The van der Waals surface area contributed by atoms with Crippen molar-refractivity contribution in [3.8, 4) is 0 Å². The van der Waals surface area contributed by atoms with Gasteiger partial charge in [-0.3, -0.25) is 9.10 Å². The highest BCUT2D eigenvalue weighted by Gasteiger charge is 2.35. The molecule has 0 spiro atoms. The Morgan fingerprint density at radius 1 is 1.11 bits per heavy atom. The fourth-order valence-corrected chi connectivity index (χ4v) is 4.36. The van der Waals surface area contributed by atoms with E-state index in [2.05, 4.69) is 0 Å². The summed E-state index contributed by atoms with van der Waals surface area (Å²) < 4.78 is 32.7. The summed E-state index contributed by atoms with van der Waals surface area (Å²) in [7, 11) is -2.27. The van der Waals surface area contributed by atoms with Crippen LogP contribution in [0, 0.1) is 0 Å². The lowest BCUT2D eigenvalue weighted by molar-refractivity contribution is -0.0370. The summed E-state index contributed by atoms with van der Waals surface area (Å²) in [4.78, 5) is 14.8. The Labute approximate surface area is 160 Å². The second kappa shape index (κ2) is 7.32. The van der Waals surface area contributed by atoms with E-state index in [0.717, 1.165) is 0 Å². The van der Waals surface area contributed by atoms with Crippen molar-refractivity contribution in [1.82, 2.24) is 4.90 Å². The summed E-state index contributed by atoms with van der Waals surface area (Å²) in [5.41, 5.74) is 0.474. The Kier molecular flexibility index (Phi) is 5.26. The van der Waals surface area contributed by atoms with Crippen LogP contribution in [0.4, 0.5) is 5.69 Å². The van der Waals surface area contributed by atoms with E-state index < -0.39 is 15.6 Å². The third kappa shape index (κ3) is 3.84. The molecule has 1 saturated heterocycles. The van der Waals surface area contributed by atoms with Crippen LogP contribution in [-0.2, 0) is 14.8 Å². The molecule has 27 heavy (non-hydrogen) atoms. The number of amides is 1. The molecule has 1 heterocycles. The van der Waals surface area contributed by atoms with Gasteiger partial charge in [-0.25, -0.2) is 8.42 Å². The molecule has 0 bridgehead atoms. The number of morpholine rings is 1. The lowest BCUT2D eigenvalue weighted by Gasteiger charge is -2.42. The molecular weight excluding hydrogens is 364 g/mol. The van der Waals surface area contributed by atoms with Crippen molar-refractivity contribution in [3.63, 3.8) is 0 Å². The zero-order valence-electron chi connectivity index (χ0n) is 15.8. The maximum Gasteiger partial charge on any atom is 0.264 e. The fourth-order valence-electron chi connectivity index (χ4n) is 3.12. The number of benzene rings is 2. The summed E-state index contributed by atoms with van der Waals surface area (Å²) in [6.45, 7) is 5.28. The molecule has 3 rings (SSSR count). The Morgan fingerprint density at radius 2 is 1.81 bits per heavy atom. The number of carbonyl (C=O) groups is 1. The summed E-state index contributed by atoms with van der Waals surface area (Å²) in [5, 5.41) is 0. The van der Waals surface area contributed by atoms with Crippen molar-refractivity contribution in [2.24, 2.45) is 0 Å². The number of anilines is 1. The number of ether oxygens (including phenoxy) is 1. The predicted molar refractivity (Wildman–Crippen MR) is 104 cm³/mol. The molecule has 0 radical (unpaired) electrons. The Balaban J connectivity index is 1.92. The minimum atomic E-state index is -3.77. The van der Waals surface area contributed by atoms with Crippen LogP contribution in [0.15, 0.2) is 59.5 Å². The largest absolute Gasteiger partial charge is 0.377 e. The van der Waals surface area contributed by atoms with Gasteiger partial charge in [-0.05, 0) is 44.2 Å². The third-order valence-corrected chi connectivity index (χ3v) is 6.53. The van der Waals surface area contributed by atoms with E-state index in [1.165, 1.54) is 23.5 Å². The van der Waals surface area contributed by atoms with E-state index >= 15 is 0 Å². The van der Waals surface area contributed by atoms with E-state index in [9.17, 15) is 13.2 Å². The van der Waals surface area contributed by atoms with Gasteiger partial charge in [0.1, 0.15) is 0 Å². The first kappa shape index (κ1) is 19.4. The van der Waals surface area contributed by atoms with Crippen molar-refractivity contribution in [2.45, 2.75) is 24.3 Å². The van der Waals surface area contributed by atoms with Gasteiger partial charge in [0.15, 0.2) is 0 Å². The summed E-state index contributed by atoms with van der Waals surface area (Å²) >= 11 is 0. The molecule has 1 aliphatic rings. The third-order valence-electron chi connectivity index (χ3n) is 4.75. The smallest absolute Gasteiger partial charge is 0.264 e. The fraction of sp³-hybridized carbons (Fsp3) is 0.350. The van der Waals surface area contributed by atoms with Gasteiger partial charge in [0, 0.05) is 19.2 Å². The number of nitrogens with zero attached hydrogens (tertiary/aromatic N) is 2. The molecule has 0 unspecified atom stereocenters. The van der Waals surface area contributed by atoms with Crippen LogP contribution in [0.25, 0.3) is 0 Å².